The van der Waals surface area contributed by atoms with Crippen molar-refractivity contribution in [2.24, 2.45) is 17.8 Å². The number of hydrogen-bond acceptors (Lipinski definition) is 2. The van der Waals surface area contributed by atoms with E-state index < -0.39 is 0 Å². The van der Waals surface area contributed by atoms with Crippen molar-refractivity contribution in [1.82, 2.24) is 0 Å². The molecule has 0 radical (unpaired) electrons. The van der Waals surface area contributed by atoms with E-state index in [-0.39, 0.29) is 11.7 Å². The Balaban J connectivity index is 1.38. The number of benzene rings is 1. The van der Waals surface area contributed by atoms with Crippen LogP contribution in [0.15, 0.2) is 30.3 Å². The third-order valence-electron chi connectivity index (χ3n) is 6.18. The van der Waals surface area contributed by atoms with Crippen molar-refractivity contribution < 1.29 is 9.59 Å². The number of carbonyl (C=O) groups excluding carboxylic acids is 2. The largest absolute Gasteiger partial charge is 0.300 e. The van der Waals surface area contributed by atoms with E-state index in [1.54, 1.807) is 0 Å². The van der Waals surface area contributed by atoms with Crippen LogP contribution in [0.25, 0.3) is 0 Å². The smallest absolute Gasteiger partial charge is 0.136 e. The molecule has 2 saturated carbocycles. The van der Waals surface area contributed by atoms with Crippen molar-refractivity contribution in [3.8, 4) is 0 Å². The molecule has 1 aromatic carbocycles. The third kappa shape index (κ3) is 4.78. The van der Waals surface area contributed by atoms with Crippen LogP contribution in [0.5, 0.6) is 0 Å². The second-order valence-electron chi connectivity index (χ2n) is 7.81. The van der Waals surface area contributed by atoms with Crippen molar-refractivity contribution in [1.29, 1.82) is 0 Å². The molecule has 24 heavy (non-hydrogen) atoms. The topological polar surface area (TPSA) is 34.1 Å². The van der Waals surface area contributed by atoms with E-state index in [9.17, 15) is 9.59 Å². The van der Waals surface area contributed by atoms with Crippen LogP contribution in [0.2, 0.25) is 0 Å². The molecule has 0 N–H and O–H groups in total. The van der Waals surface area contributed by atoms with Gasteiger partial charge < -0.3 is 0 Å². The highest BCUT2D eigenvalue weighted by Gasteiger charge is 2.34. The number of fused-ring (bicyclic) bond motifs is 1. The maximum atomic E-state index is 12.5. The number of Topliss-reactive ketones (excluding diaryl/α,β-unsaturated/α-hetero) is 2. The number of ketones is 2. The first-order valence-corrected chi connectivity index (χ1v) is 9.80. The number of hydrogen-bond donors (Lipinski definition) is 0. The Morgan fingerprint density at radius 2 is 1.58 bits per heavy atom. The zero-order valence-corrected chi connectivity index (χ0v) is 14.7. The number of carbonyl (C=O) groups is 2. The fourth-order valence-corrected chi connectivity index (χ4v) is 4.69. The number of rotatable bonds is 7. The molecule has 2 aliphatic rings. The Bertz CT molecular complexity index is 548. The molecule has 0 heterocycles. The average molecular weight is 326 g/mol. The molecular formula is C22H30O2. The molecule has 1 aromatic rings. The van der Waals surface area contributed by atoms with Crippen molar-refractivity contribution in [2.45, 2.75) is 70.6 Å². The first-order chi connectivity index (χ1) is 11.7. The van der Waals surface area contributed by atoms with E-state index in [2.05, 4.69) is 12.1 Å². The Morgan fingerprint density at radius 3 is 2.38 bits per heavy atom. The van der Waals surface area contributed by atoms with E-state index in [0.717, 1.165) is 31.1 Å². The van der Waals surface area contributed by atoms with Gasteiger partial charge in [0.1, 0.15) is 11.6 Å². The van der Waals surface area contributed by atoms with Crippen molar-refractivity contribution in [3.05, 3.63) is 35.9 Å². The minimum Gasteiger partial charge on any atom is -0.300 e. The van der Waals surface area contributed by atoms with Gasteiger partial charge in [-0.05, 0) is 43.1 Å². The van der Waals surface area contributed by atoms with Gasteiger partial charge in [-0.25, -0.2) is 0 Å². The van der Waals surface area contributed by atoms with Gasteiger partial charge in [0, 0.05) is 25.2 Å². The monoisotopic (exact) mass is 326 g/mol. The van der Waals surface area contributed by atoms with Crippen LogP contribution < -0.4 is 0 Å². The van der Waals surface area contributed by atoms with E-state index in [1.165, 1.54) is 37.7 Å². The molecular weight excluding hydrogens is 296 g/mol. The van der Waals surface area contributed by atoms with Crippen LogP contribution >= 0.6 is 0 Å². The predicted octanol–water partition coefficient (Wildman–Crippen LogP) is 5.14. The molecule has 3 atom stereocenters. The quantitative estimate of drug-likeness (QED) is 0.695. The molecule has 0 spiro atoms. The lowest BCUT2D eigenvalue weighted by Gasteiger charge is -2.38. The zero-order valence-electron chi connectivity index (χ0n) is 14.7. The summed E-state index contributed by atoms with van der Waals surface area (Å²) in [7, 11) is 0. The summed E-state index contributed by atoms with van der Waals surface area (Å²) in [5.41, 5.74) is 1.20. The Kier molecular flexibility index (Phi) is 6.23. The fourth-order valence-electron chi connectivity index (χ4n) is 4.69. The summed E-state index contributed by atoms with van der Waals surface area (Å²) in [6.07, 6.45) is 11.1. The molecule has 0 amide bonds. The SMILES string of the molecule is O=C(CCC(=O)C1CCC2CCCCC2C1)CCc1ccccc1. The lowest BCUT2D eigenvalue weighted by molar-refractivity contribution is -0.128. The van der Waals surface area contributed by atoms with Crippen LogP contribution in [0.3, 0.4) is 0 Å². The van der Waals surface area contributed by atoms with E-state index in [0.29, 0.717) is 25.0 Å². The Hall–Kier alpha value is -1.44. The van der Waals surface area contributed by atoms with Gasteiger partial charge in [-0.2, -0.15) is 0 Å². The average Bonchev–Trinajstić information content (AvgIpc) is 2.65. The van der Waals surface area contributed by atoms with E-state index >= 15 is 0 Å². The van der Waals surface area contributed by atoms with Crippen LogP contribution in [0.1, 0.15) is 69.8 Å². The molecule has 2 heteroatoms. The highest BCUT2D eigenvalue weighted by atomic mass is 16.1. The lowest BCUT2D eigenvalue weighted by Crippen LogP contribution is -2.31. The highest BCUT2D eigenvalue weighted by molar-refractivity contribution is 5.87. The molecule has 3 unspecified atom stereocenters. The van der Waals surface area contributed by atoms with Crippen LogP contribution in [-0.2, 0) is 16.0 Å². The van der Waals surface area contributed by atoms with Gasteiger partial charge in [0.25, 0.3) is 0 Å². The maximum Gasteiger partial charge on any atom is 0.136 e. The summed E-state index contributed by atoms with van der Waals surface area (Å²) >= 11 is 0. The van der Waals surface area contributed by atoms with Crippen molar-refractivity contribution in [2.75, 3.05) is 0 Å². The van der Waals surface area contributed by atoms with Gasteiger partial charge in [-0.3, -0.25) is 9.59 Å². The summed E-state index contributed by atoms with van der Waals surface area (Å²) in [5.74, 6) is 2.50. The molecule has 0 bridgehead atoms. The second-order valence-corrected chi connectivity index (χ2v) is 7.81. The molecule has 2 fully saturated rings. The first-order valence-electron chi connectivity index (χ1n) is 9.80. The summed E-state index contributed by atoms with van der Waals surface area (Å²) in [5, 5.41) is 0. The van der Waals surface area contributed by atoms with Crippen molar-refractivity contribution in [3.63, 3.8) is 0 Å². The summed E-state index contributed by atoms with van der Waals surface area (Å²) in [6.45, 7) is 0. The molecule has 0 aliphatic heterocycles. The normalized spacial score (nSPS) is 26.6. The van der Waals surface area contributed by atoms with E-state index in [4.69, 9.17) is 0 Å². The molecule has 3 rings (SSSR count). The molecule has 2 nitrogen and oxygen atoms in total. The molecule has 2 aliphatic carbocycles. The zero-order chi connectivity index (χ0) is 16.8. The van der Waals surface area contributed by atoms with Gasteiger partial charge in [0.15, 0.2) is 0 Å². The second kappa shape index (κ2) is 8.60. The summed E-state index contributed by atoms with van der Waals surface area (Å²) in [6, 6.07) is 10.1. The Morgan fingerprint density at radius 1 is 0.833 bits per heavy atom. The van der Waals surface area contributed by atoms with Crippen LogP contribution in [0, 0.1) is 17.8 Å². The Labute approximate surface area is 146 Å². The molecule has 0 aromatic heterocycles. The van der Waals surface area contributed by atoms with Crippen molar-refractivity contribution >= 4 is 11.6 Å². The van der Waals surface area contributed by atoms with Gasteiger partial charge >= 0.3 is 0 Å². The number of aryl methyl sites for hydroxylation is 1. The minimum absolute atomic E-state index is 0.235. The van der Waals surface area contributed by atoms with Crippen LogP contribution in [0.4, 0.5) is 0 Å². The summed E-state index contributed by atoms with van der Waals surface area (Å²) < 4.78 is 0. The minimum atomic E-state index is 0.235. The first kappa shape index (κ1) is 17.4. The maximum absolute atomic E-state index is 12.5. The third-order valence-corrected chi connectivity index (χ3v) is 6.18. The van der Waals surface area contributed by atoms with Gasteiger partial charge in [0.2, 0.25) is 0 Å². The summed E-state index contributed by atoms with van der Waals surface area (Å²) in [4.78, 5) is 24.6. The van der Waals surface area contributed by atoms with Gasteiger partial charge in [-0.1, -0.05) is 56.0 Å². The molecule has 0 saturated heterocycles. The van der Waals surface area contributed by atoms with E-state index in [1.807, 2.05) is 18.2 Å². The van der Waals surface area contributed by atoms with Gasteiger partial charge in [-0.15, -0.1) is 0 Å². The predicted molar refractivity (Wildman–Crippen MR) is 96.8 cm³/mol. The highest BCUT2D eigenvalue weighted by Crippen LogP contribution is 2.43. The van der Waals surface area contributed by atoms with Gasteiger partial charge in [0.05, 0.1) is 0 Å². The fraction of sp³-hybridized carbons (Fsp3) is 0.636. The van der Waals surface area contributed by atoms with Crippen LogP contribution in [-0.4, -0.2) is 11.6 Å². The lowest BCUT2D eigenvalue weighted by atomic mass is 9.66. The standard InChI is InChI=1S/C22H30O2/c23-21(13-10-17-6-2-1-3-7-17)14-15-22(24)20-12-11-18-8-4-5-9-19(18)16-20/h1-3,6-7,18-20H,4-5,8-16H2. The molecule has 130 valence electrons.